The Morgan fingerprint density at radius 2 is 2.05 bits per heavy atom. The minimum absolute atomic E-state index is 0.0692. The predicted molar refractivity (Wildman–Crippen MR) is 91.3 cm³/mol. The number of rotatable bonds is 4. The Morgan fingerprint density at radius 1 is 1.23 bits per heavy atom. The SMILES string of the molecule is COc1ccc2c(ccn2CC(=O)Nc2ccccc2Br)c1. The molecule has 0 aliphatic carbocycles. The average Bonchev–Trinajstić information content (AvgIpc) is 2.91. The summed E-state index contributed by atoms with van der Waals surface area (Å²) in [7, 11) is 1.64. The lowest BCUT2D eigenvalue weighted by atomic mass is 10.2. The van der Waals surface area contributed by atoms with Gasteiger partial charge in [0.05, 0.1) is 12.8 Å². The third-order valence-corrected chi connectivity index (χ3v) is 4.13. The monoisotopic (exact) mass is 358 g/mol. The first-order valence-corrected chi connectivity index (χ1v) is 7.64. The molecule has 2 aromatic carbocycles. The number of para-hydroxylation sites is 1. The van der Waals surface area contributed by atoms with Crippen molar-refractivity contribution in [1.82, 2.24) is 4.57 Å². The number of hydrogen-bond acceptors (Lipinski definition) is 2. The Labute approximate surface area is 136 Å². The third kappa shape index (κ3) is 2.99. The number of anilines is 1. The van der Waals surface area contributed by atoms with Gasteiger partial charge in [0.1, 0.15) is 12.3 Å². The lowest BCUT2D eigenvalue weighted by molar-refractivity contribution is -0.116. The number of benzene rings is 2. The first-order chi connectivity index (χ1) is 10.7. The highest BCUT2D eigenvalue weighted by Gasteiger charge is 2.08. The maximum atomic E-state index is 12.2. The molecule has 0 bridgehead atoms. The predicted octanol–water partition coefficient (Wildman–Crippen LogP) is 4.05. The van der Waals surface area contributed by atoms with E-state index in [2.05, 4.69) is 21.2 Å². The van der Waals surface area contributed by atoms with Gasteiger partial charge in [-0.15, -0.1) is 0 Å². The number of carbonyl (C=O) groups is 1. The molecule has 3 aromatic rings. The quantitative estimate of drug-likeness (QED) is 0.764. The van der Waals surface area contributed by atoms with Crippen molar-refractivity contribution in [3.63, 3.8) is 0 Å². The van der Waals surface area contributed by atoms with E-state index in [1.807, 2.05) is 59.3 Å². The number of aromatic nitrogens is 1. The first kappa shape index (κ1) is 14.7. The molecule has 0 saturated heterocycles. The van der Waals surface area contributed by atoms with E-state index >= 15 is 0 Å². The summed E-state index contributed by atoms with van der Waals surface area (Å²) in [6.07, 6.45) is 1.91. The maximum absolute atomic E-state index is 12.2. The van der Waals surface area contributed by atoms with E-state index in [-0.39, 0.29) is 12.5 Å². The van der Waals surface area contributed by atoms with Crippen LogP contribution in [-0.2, 0) is 11.3 Å². The smallest absolute Gasteiger partial charge is 0.244 e. The van der Waals surface area contributed by atoms with Gasteiger partial charge < -0.3 is 14.6 Å². The van der Waals surface area contributed by atoms with E-state index in [1.54, 1.807) is 7.11 Å². The molecular weight excluding hydrogens is 344 g/mol. The molecule has 5 heteroatoms. The Morgan fingerprint density at radius 3 is 2.82 bits per heavy atom. The molecule has 0 spiro atoms. The highest BCUT2D eigenvalue weighted by Crippen LogP contribution is 2.23. The van der Waals surface area contributed by atoms with Gasteiger partial charge in [0.25, 0.3) is 0 Å². The number of carbonyl (C=O) groups excluding carboxylic acids is 1. The van der Waals surface area contributed by atoms with Crippen LogP contribution in [0.25, 0.3) is 10.9 Å². The van der Waals surface area contributed by atoms with Crippen molar-refractivity contribution in [3.05, 3.63) is 59.2 Å². The second-order valence-electron chi connectivity index (χ2n) is 4.90. The fourth-order valence-electron chi connectivity index (χ4n) is 2.35. The zero-order chi connectivity index (χ0) is 15.5. The number of ether oxygens (including phenoxy) is 1. The summed E-state index contributed by atoms with van der Waals surface area (Å²) in [5.41, 5.74) is 1.77. The number of amides is 1. The number of nitrogens with zero attached hydrogens (tertiary/aromatic N) is 1. The van der Waals surface area contributed by atoms with Crippen LogP contribution in [0.4, 0.5) is 5.69 Å². The van der Waals surface area contributed by atoms with Crippen LogP contribution >= 0.6 is 15.9 Å². The van der Waals surface area contributed by atoms with E-state index < -0.39 is 0 Å². The number of halogens is 1. The minimum Gasteiger partial charge on any atom is -0.497 e. The summed E-state index contributed by atoms with van der Waals surface area (Å²) in [5, 5.41) is 3.95. The topological polar surface area (TPSA) is 43.3 Å². The Kier molecular flexibility index (Phi) is 4.15. The van der Waals surface area contributed by atoms with Crippen LogP contribution in [0.1, 0.15) is 0 Å². The highest BCUT2D eigenvalue weighted by atomic mass is 79.9. The van der Waals surface area contributed by atoms with Gasteiger partial charge >= 0.3 is 0 Å². The first-order valence-electron chi connectivity index (χ1n) is 6.84. The number of methoxy groups -OCH3 is 1. The summed E-state index contributed by atoms with van der Waals surface area (Å²) in [6, 6.07) is 15.3. The van der Waals surface area contributed by atoms with Crippen LogP contribution in [-0.4, -0.2) is 17.6 Å². The van der Waals surface area contributed by atoms with Crippen LogP contribution in [0.15, 0.2) is 59.2 Å². The Hall–Kier alpha value is -2.27. The van der Waals surface area contributed by atoms with Crippen LogP contribution < -0.4 is 10.1 Å². The molecule has 1 N–H and O–H groups in total. The maximum Gasteiger partial charge on any atom is 0.244 e. The van der Waals surface area contributed by atoms with Crippen LogP contribution in [0.5, 0.6) is 5.75 Å². The van der Waals surface area contributed by atoms with Crippen LogP contribution in [0.2, 0.25) is 0 Å². The second kappa shape index (κ2) is 6.23. The standard InChI is InChI=1S/C17H15BrN2O2/c1-22-13-6-7-16-12(10-13)8-9-20(16)11-17(21)19-15-5-3-2-4-14(15)18/h2-10H,11H2,1H3,(H,19,21). The fourth-order valence-corrected chi connectivity index (χ4v) is 2.73. The van der Waals surface area contributed by atoms with E-state index in [4.69, 9.17) is 4.74 Å². The lowest BCUT2D eigenvalue weighted by Crippen LogP contribution is -2.18. The number of hydrogen-bond donors (Lipinski definition) is 1. The molecule has 3 rings (SSSR count). The highest BCUT2D eigenvalue weighted by molar-refractivity contribution is 9.10. The van der Waals surface area contributed by atoms with Gasteiger partial charge in [0.2, 0.25) is 5.91 Å². The number of fused-ring (bicyclic) bond motifs is 1. The summed E-state index contributed by atoms with van der Waals surface area (Å²) in [5.74, 6) is 0.739. The van der Waals surface area contributed by atoms with Crippen molar-refractivity contribution in [1.29, 1.82) is 0 Å². The molecule has 0 unspecified atom stereocenters. The van der Waals surface area contributed by atoms with Gasteiger partial charge in [-0.1, -0.05) is 12.1 Å². The molecule has 22 heavy (non-hydrogen) atoms. The van der Waals surface area contributed by atoms with Gasteiger partial charge in [0, 0.05) is 21.6 Å². The van der Waals surface area contributed by atoms with Crippen molar-refractivity contribution in [2.75, 3.05) is 12.4 Å². The summed E-state index contributed by atoms with van der Waals surface area (Å²) >= 11 is 3.42. The second-order valence-corrected chi connectivity index (χ2v) is 5.75. The normalized spacial score (nSPS) is 10.6. The molecule has 0 atom stereocenters. The van der Waals surface area contributed by atoms with E-state index in [9.17, 15) is 4.79 Å². The molecule has 0 aliphatic rings. The molecule has 4 nitrogen and oxygen atoms in total. The zero-order valence-electron chi connectivity index (χ0n) is 12.0. The number of nitrogens with one attached hydrogen (secondary N) is 1. The van der Waals surface area contributed by atoms with Crippen LogP contribution in [0.3, 0.4) is 0 Å². The third-order valence-electron chi connectivity index (χ3n) is 3.44. The van der Waals surface area contributed by atoms with Crippen molar-refractivity contribution in [2.45, 2.75) is 6.54 Å². The van der Waals surface area contributed by atoms with Crippen molar-refractivity contribution in [3.8, 4) is 5.75 Å². The van der Waals surface area contributed by atoms with Gasteiger partial charge in [-0.2, -0.15) is 0 Å². The average molecular weight is 359 g/mol. The lowest BCUT2D eigenvalue weighted by Gasteiger charge is -2.09. The molecule has 1 heterocycles. The molecule has 0 aliphatic heterocycles. The van der Waals surface area contributed by atoms with Gasteiger partial charge in [0.15, 0.2) is 0 Å². The molecule has 1 amide bonds. The molecule has 0 fully saturated rings. The Bertz CT molecular complexity index is 826. The van der Waals surface area contributed by atoms with Gasteiger partial charge in [-0.25, -0.2) is 0 Å². The Balaban J connectivity index is 1.78. The summed E-state index contributed by atoms with van der Waals surface area (Å²) in [6.45, 7) is 0.261. The molecule has 112 valence electrons. The van der Waals surface area contributed by atoms with Crippen molar-refractivity contribution in [2.24, 2.45) is 0 Å². The van der Waals surface area contributed by atoms with E-state index in [0.717, 1.165) is 26.8 Å². The van der Waals surface area contributed by atoms with Crippen molar-refractivity contribution < 1.29 is 9.53 Å². The molecule has 0 radical (unpaired) electrons. The molecule has 0 saturated carbocycles. The van der Waals surface area contributed by atoms with E-state index in [1.165, 1.54) is 0 Å². The molecular formula is C17H15BrN2O2. The van der Waals surface area contributed by atoms with Gasteiger partial charge in [-0.05, 0) is 52.3 Å². The molecule has 1 aromatic heterocycles. The van der Waals surface area contributed by atoms with Crippen molar-refractivity contribution >= 4 is 38.4 Å². The van der Waals surface area contributed by atoms with Crippen LogP contribution in [0, 0.1) is 0 Å². The zero-order valence-corrected chi connectivity index (χ0v) is 13.6. The summed E-state index contributed by atoms with van der Waals surface area (Å²) in [4.78, 5) is 12.2. The minimum atomic E-state index is -0.0692. The summed E-state index contributed by atoms with van der Waals surface area (Å²) < 4.78 is 7.99. The van der Waals surface area contributed by atoms with E-state index in [0.29, 0.717) is 0 Å². The fraction of sp³-hybridized carbons (Fsp3) is 0.118. The van der Waals surface area contributed by atoms with Gasteiger partial charge in [-0.3, -0.25) is 4.79 Å². The largest absolute Gasteiger partial charge is 0.497 e.